The monoisotopic (exact) mass is 358 g/mol. The van der Waals surface area contributed by atoms with Crippen LogP contribution >= 0.6 is 0 Å². The second-order valence-corrected chi connectivity index (χ2v) is 4.68. The Morgan fingerprint density at radius 2 is 1.54 bits per heavy atom. The van der Waals surface area contributed by atoms with Crippen molar-refractivity contribution in [3.05, 3.63) is 29.8 Å². The minimum atomic E-state index is -5.80. The lowest BCUT2D eigenvalue weighted by Crippen LogP contribution is -2.67. The molecule has 3 N–H and O–H groups in total. The number of nitrogens with one attached hydrogen (secondary N) is 2. The van der Waals surface area contributed by atoms with E-state index in [9.17, 15) is 35.9 Å². The van der Waals surface area contributed by atoms with Crippen LogP contribution < -0.4 is 10.6 Å². The molecule has 5 nitrogen and oxygen atoms in total. The molecule has 134 valence electrons. The topological polar surface area (TPSA) is 78.4 Å². The van der Waals surface area contributed by atoms with Crippen LogP contribution in [0, 0.1) is 0 Å². The molecule has 0 bridgehead atoms. The van der Waals surface area contributed by atoms with Gasteiger partial charge < -0.3 is 15.7 Å². The number of rotatable bonds is 4. The molecule has 0 aliphatic carbocycles. The highest BCUT2D eigenvalue weighted by atomic mass is 19.4. The van der Waals surface area contributed by atoms with Crippen molar-refractivity contribution < 1.29 is 41.0 Å². The Bertz CT molecular complexity index is 613. The molecule has 0 unspecified atom stereocenters. The molecule has 0 aliphatic rings. The molecule has 2 amide bonds. The number of halogens is 6. The average Bonchev–Trinajstić information content (AvgIpc) is 2.42. The number of aromatic carboxylic acids is 1. The number of carbonyl (C=O) groups is 2. The van der Waals surface area contributed by atoms with Crippen LogP contribution in [-0.2, 0) is 0 Å². The third-order valence-electron chi connectivity index (χ3n) is 3.23. The first-order chi connectivity index (χ1) is 10.9. The quantitative estimate of drug-likeness (QED) is 0.717. The second kappa shape index (κ2) is 6.57. The summed E-state index contributed by atoms with van der Waals surface area (Å²) in [6.07, 6.45) is -13.1. The fourth-order valence-electron chi connectivity index (χ4n) is 1.92. The van der Waals surface area contributed by atoms with E-state index in [0.717, 1.165) is 17.4 Å². The van der Waals surface area contributed by atoms with Gasteiger partial charge in [-0.25, -0.2) is 9.59 Å². The van der Waals surface area contributed by atoms with Crippen molar-refractivity contribution in [1.29, 1.82) is 0 Å². The van der Waals surface area contributed by atoms with E-state index in [0.29, 0.717) is 6.92 Å². The fraction of sp³-hybridized carbons (Fsp3) is 0.385. The van der Waals surface area contributed by atoms with Crippen LogP contribution in [0.25, 0.3) is 0 Å². The smallest absolute Gasteiger partial charge is 0.420 e. The van der Waals surface area contributed by atoms with Crippen molar-refractivity contribution in [2.24, 2.45) is 0 Å². The number of hydrogen-bond donors (Lipinski definition) is 3. The SMILES string of the molecule is CCC(NC(=O)Nc1ccccc1C(=O)O)(C(F)(F)F)C(F)(F)F. The van der Waals surface area contributed by atoms with Crippen LogP contribution in [-0.4, -0.2) is 35.0 Å². The van der Waals surface area contributed by atoms with Crippen LogP contribution in [0.1, 0.15) is 23.7 Å². The summed E-state index contributed by atoms with van der Waals surface area (Å²) in [6.45, 7) is 0.618. The van der Waals surface area contributed by atoms with Crippen LogP contribution in [0.5, 0.6) is 0 Å². The summed E-state index contributed by atoms with van der Waals surface area (Å²) in [5.41, 5.74) is -5.40. The van der Waals surface area contributed by atoms with Crippen LogP contribution in [0.2, 0.25) is 0 Å². The maximum Gasteiger partial charge on any atom is 0.420 e. The number of anilines is 1. The summed E-state index contributed by atoms with van der Waals surface area (Å²) in [6, 6.07) is 2.74. The molecule has 0 radical (unpaired) electrons. The van der Waals surface area contributed by atoms with E-state index < -0.39 is 47.6 Å². The highest BCUT2D eigenvalue weighted by Crippen LogP contribution is 2.45. The van der Waals surface area contributed by atoms with Crippen molar-refractivity contribution >= 4 is 17.7 Å². The van der Waals surface area contributed by atoms with Crippen molar-refractivity contribution in [1.82, 2.24) is 5.32 Å². The van der Waals surface area contributed by atoms with E-state index in [1.807, 2.05) is 0 Å². The van der Waals surface area contributed by atoms with E-state index in [4.69, 9.17) is 5.11 Å². The predicted molar refractivity (Wildman–Crippen MR) is 70.7 cm³/mol. The third kappa shape index (κ3) is 3.71. The van der Waals surface area contributed by atoms with Crippen molar-refractivity contribution in [3.8, 4) is 0 Å². The van der Waals surface area contributed by atoms with Crippen molar-refractivity contribution in [3.63, 3.8) is 0 Å². The van der Waals surface area contributed by atoms with Gasteiger partial charge in [0.2, 0.25) is 5.54 Å². The Hall–Kier alpha value is -2.46. The van der Waals surface area contributed by atoms with E-state index in [1.54, 1.807) is 5.32 Å². The number of carboxylic acids is 1. The lowest BCUT2D eigenvalue weighted by molar-refractivity contribution is -0.304. The van der Waals surface area contributed by atoms with Gasteiger partial charge >= 0.3 is 24.4 Å². The zero-order valence-corrected chi connectivity index (χ0v) is 12.0. The number of para-hydroxylation sites is 1. The highest BCUT2D eigenvalue weighted by molar-refractivity contribution is 6.00. The molecule has 0 aliphatic heterocycles. The van der Waals surface area contributed by atoms with E-state index in [2.05, 4.69) is 0 Å². The van der Waals surface area contributed by atoms with Gasteiger partial charge in [0.25, 0.3) is 0 Å². The Kier molecular flexibility index (Phi) is 5.36. The molecule has 0 aromatic heterocycles. The summed E-state index contributed by atoms with van der Waals surface area (Å²) < 4.78 is 77.5. The van der Waals surface area contributed by atoms with Gasteiger partial charge in [-0.2, -0.15) is 26.3 Å². The number of urea groups is 1. The molecule has 11 heteroatoms. The molecule has 0 fully saturated rings. The number of carbonyl (C=O) groups excluding carboxylic acids is 1. The number of alkyl halides is 6. The zero-order chi connectivity index (χ0) is 18.8. The first-order valence-corrected chi connectivity index (χ1v) is 6.40. The molecule has 0 saturated heterocycles. The minimum absolute atomic E-state index is 0.447. The Labute approximate surface area is 131 Å². The molecule has 24 heavy (non-hydrogen) atoms. The van der Waals surface area contributed by atoms with Crippen LogP contribution in [0.3, 0.4) is 0 Å². The van der Waals surface area contributed by atoms with E-state index in [-0.39, 0.29) is 0 Å². The van der Waals surface area contributed by atoms with Gasteiger partial charge in [-0.05, 0) is 18.6 Å². The first-order valence-electron chi connectivity index (χ1n) is 6.40. The van der Waals surface area contributed by atoms with Gasteiger partial charge in [0, 0.05) is 0 Å². The fourth-order valence-corrected chi connectivity index (χ4v) is 1.92. The summed E-state index contributed by atoms with van der Waals surface area (Å²) in [7, 11) is 0. The maximum atomic E-state index is 12.9. The summed E-state index contributed by atoms with van der Waals surface area (Å²) in [5.74, 6) is -1.51. The van der Waals surface area contributed by atoms with Crippen LogP contribution in [0.15, 0.2) is 24.3 Å². The maximum absolute atomic E-state index is 12.9. The van der Waals surface area contributed by atoms with Crippen molar-refractivity contribution in [2.45, 2.75) is 31.2 Å². The zero-order valence-electron chi connectivity index (χ0n) is 12.0. The van der Waals surface area contributed by atoms with Gasteiger partial charge in [-0.1, -0.05) is 19.1 Å². The van der Waals surface area contributed by atoms with Gasteiger partial charge in [0.1, 0.15) is 0 Å². The second-order valence-electron chi connectivity index (χ2n) is 4.68. The normalized spacial score (nSPS) is 12.6. The Morgan fingerprint density at radius 1 is 1.04 bits per heavy atom. The van der Waals surface area contributed by atoms with Gasteiger partial charge in [0.05, 0.1) is 11.3 Å². The first kappa shape index (κ1) is 19.6. The molecule has 0 heterocycles. The number of benzene rings is 1. The largest absolute Gasteiger partial charge is 0.478 e. The molecule has 1 aromatic rings. The number of amides is 2. The molecule has 1 aromatic carbocycles. The molecule has 0 saturated carbocycles. The lowest BCUT2D eigenvalue weighted by Gasteiger charge is -2.37. The van der Waals surface area contributed by atoms with Crippen molar-refractivity contribution in [2.75, 3.05) is 5.32 Å². The van der Waals surface area contributed by atoms with Crippen LogP contribution in [0.4, 0.5) is 36.8 Å². The molecule has 0 spiro atoms. The predicted octanol–water partition coefficient (Wildman–Crippen LogP) is 3.78. The standard InChI is InChI=1S/C13H12F6N2O3/c1-2-11(12(14,15)16,13(17,18)19)21-10(24)20-8-6-4-3-5-7(8)9(22)23/h3-6H,2H2,1H3,(H,22,23)(H2,20,21,24). The Morgan fingerprint density at radius 3 is 1.96 bits per heavy atom. The summed E-state index contributed by atoms with van der Waals surface area (Å²) in [5, 5.41) is 11.5. The minimum Gasteiger partial charge on any atom is -0.478 e. The molecular formula is C13H12F6N2O3. The van der Waals surface area contributed by atoms with Gasteiger partial charge in [-0.15, -0.1) is 0 Å². The summed E-state index contributed by atoms with van der Waals surface area (Å²) in [4.78, 5) is 22.6. The molecule has 1 rings (SSSR count). The van der Waals surface area contributed by atoms with E-state index in [1.165, 1.54) is 12.1 Å². The van der Waals surface area contributed by atoms with Gasteiger partial charge in [-0.3, -0.25) is 0 Å². The lowest BCUT2D eigenvalue weighted by atomic mass is 9.94. The number of carboxylic acid groups (broad SMARTS) is 1. The third-order valence-corrected chi connectivity index (χ3v) is 3.23. The van der Waals surface area contributed by atoms with Gasteiger partial charge in [0.15, 0.2) is 0 Å². The summed E-state index contributed by atoms with van der Waals surface area (Å²) >= 11 is 0. The highest BCUT2D eigenvalue weighted by Gasteiger charge is 2.70. The average molecular weight is 358 g/mol. The Balaban J connectivity index is 3.14. The molecule has 0 atom stereocenters. The molecular weight excluding hydrogens is 346 g/mol. The van der Waals surface area contributed by atoms with E-state index >= 15 is 0 Å². The number of hydrogen-bond acceptors (Lipinski definition) is 2.